The van der Waals surface area contributed by atoms with Crippen LogP contribution in [0.25, 0.3) is 0 Å². The first-order valence-electron chi connectivity index (χ1n) is 45.2. The van der Waals surface area contributed by atoms with Crippen LogP contribution in [0.1, 0.15) is 446 Å². The summed E-state index contributed by atoms with van der Waals surface area (Å²) in [6.07, 6.45) is 22.1. The van der Waals surface area contributed by atoms with Crippen molar-refractivity contribution in [3.05, 3.63) is 247 Å². The normalized spacial score (nSPS) is 15.4. The van der Waals surface area contributed by atoms with Crippen LogP contribution in [0.4, 0.5) is 0 Å². The third-order valence-corrected chi connectivity index (χ3v) is 27.1. The quantitative estimate of drug-likeness (QED) is 0.0223. The van der Waals surface area contributed by atoms with E-state index in [0.29, 0.717) is 19.8 Å². The Hall–Kier alpha value is -5.15. The lowest BCUT2D eigenvalue weighted by molar-refractivity contribution is 0.105. The third-order valence-electron chi connectivity index (χ3n) is 26.0. The van der Waals surface area contributed by atoms with Gasteiger partial charge in [0.1, 0.15) is 0 Å². The van der Waals surface area contributed by atoms with Gasteiger partial charge < -0.3 is 13.6 Å². The molecule has 0 aromatic heterocycles. The summed E-state index contributed by atoms with van der Waals surface area (Å²) in [4.78, 5) is 0. The van der Waals surface area contributed by atoms with Gasteiger partial charge in [0.15, 0.2) is 0 Å². The standard InChI is InChI=1S/C111H171O3P/c1-40-46-49-52-67-109(85-61-55-79(97(7,8)9)70-91(85)100(16,17)18,88-64-58-82(106(34,35)43-4)73-94(88)103(25,26)27)76-112-115(113-77-110(68-53-50-47-41-2,86-62-56-80(98(10,11)12)71-92(86)101(19,20)21)89-65-59-83(107(36,37)44-5)74-95(89)104(28,29)30)114-78-111(69-54-51-48-42-3,87-63-57-81(99(13,14)15)72-93(87)102(22,23)24)90-66-60-84(108(38,39)45-6)75-96(90)105(31,32)33/h43-45,55-66,70-75H,4-6,40-42,46-54,67-69,76-78H2,1-3,7-39H3. The Morgan fingerprint density at radius 2 is 0.400 bits per heavy atom. The average Bonchev–Trinajstić information content (AvgIpc) is 0.738. The Kier molecular flexibility index (Phi) is 32.1. The maximum atomic E-state index is 8.60. The molecule has 4 heteroatoms. The van der Waals surface area contributed by atoms with Crippen molar-refractivity contribution < 1.29 is 13.6 Å². The summed E-state index contributed by atoms with van der Waals surface area (Å²) in [6.45, 7) is 100. The van der Waals surface area contributed by atoms with Gasteiger partial charge in [-0.3, -0.25) is 0 Å². The zero-order valence-corrected chi connectivity index (χ0v) is 82.0. The van der Waals surface area contributed by atoms with E-state index in [1.807, 2.05) is 0 Å². The second-order valence-electron chi connectivity index (χ2n) is 46.3. The van der Waals surface area contributed by atoms with Gasteiger partial charge in [0.05, 0.1) is 19.8 Å². The molecule has 6 aromatic rings. The molecule has 0 heterocycles. The number of unbranched alkanes of at least 4 members (excludes halogenated alkanes) is 9. The average molecular weight is 1580 g/mol. The van der Waals surface area contributed by atoms with Gasteiger partial charge in [-0.05, 0) is 168 Å². The highest BCUT2D eigenvalue weighted by Crippen LogP contribution is 2.58. The molecule has 3 atom stereocenters. The molecule has 3 nitrogen and oxygen atoms in total. The maximum Gasteiger partial charge on any atom is 0.332 e. The first-order chi connectivity index (χ1) is 52.6. The second kappa shape index (κ2) is 37.5. The number of allylic oxidation sites excluding steroid dienone is 3. The van der Waals surface area contributed by atoms with Crippen molar-refractivity contribution >= 4 is 8.60 Å². The first-order valence-corrected chi connectivity index (χ1v) is 46.3. The first kappa shape index (κ1) is 98.7. The Balaban J connectivity index is 2.00. The molecule has 0 aliphatic rings. The summed E-state index contributed by atoms with van der Waals surface area (Å²) in [6, 6.07) is 45.3. The molecule has 6 rings (SSSR count). The molecular weight excluding hydrogens is 1410 g/mol. The van der Waals surface area contributed by atoms with Gasteiger partial charge in [-0.2, -0.15) is 0 Å². The van der Waals surface area contributed by atoms with Gasteiger partial charge in [-0.15, -0.1) is 19.7 Å². The number of hydrogen-bond acceptors (Lipinski definition) is 3. The number of benzene rings is 6. The summed E-state index contributed by atoms with van der Waals surface area (Å²) in [7, 11) is -2.28. The van der Waals surface area contributed by atoms with Crippen LogP contribution in [-0.4, -0.2) is 19.8 Å². The van der Waals surface area contributed by atoms with Crippen LogP contribution in [0.5, 0.6) is 0 Å². The Morgan fingerprint density at radius 3 is 0.557 bits per heavy atom. The van der Waals surface area contributed by atoms with E-state index in [1.165, 1.54) is 100 Å². The third kappa shape index (κ3) is 23.7. The van der Waals surface area contributed by atoms with Crippen LogP contribution in [0, 0.1) is 0 Å². The monoisotopic (exact) mass is 1580 g/mol. The Morgan fingerprint density at radius 1 is 0.226 bits per heavy atom. The molecule has 0 fully saturated rings. The van der Waals surface area contributed by atoms with Gasteiger partial charge in [0, 0.05) is 32.5 Å². The molecule has 0 bridgehead atoms. The minimum Gasteiger partial charge on any atom is -0.311 e. The van der Waals surface area contributed by atoms with Gasteiger partial charge in [-0.1, -0.05) is 454 Å². The van der Waals surface area contributed by atoms with E-state index in [4.69, 9.17) is 13.6 Å². The number of rotatable bonds is 36. The molecule has 0 saturated carbocycles. The van der Waals surface area contributed by atoms with Gasteiger partial charge in [-0.25, -0.2) is 0 Å². The Labute approximate surface area is 711 Å². The molecular formula is C111H171O3P. The lowest BCUT2D eigenvalue weighted by Gasteiger charge is -2.45. The van der Waals surface area contributed by atoms with Crippen LogP contribution in [0.2, 0.25) is 0 Å². The number of hydrogen-bond donors (Lipinski definition) is 0. The summed E-state index contributed by atoms with van der Waals surface area (Å²) in [5, 5.41) is 0. The summed E-state index contributed by atoms with van der Waals surface area (Å²) in [5.41, 5.74) is 18.9. The van der Waals surface area contributed by atoms with Crippen LogP contribution >= 0.6 is 8.60 Å². The SMILES string of the molecule is C=CC(C)(C)c1ccc(C(CCCCCC)(COP(OCC(CCCCCC)(c2ccc(C(C)(C)C)cc2C(C)(C)C)c2ccc(C(C)(C)C=C)cc2C(C)(C)C)OCC(CCCCCC)(c2ccc(C(C)(C)C)cc2C(C)(C)C)c2ccc(C(C)(C)C=C)cc2C(C)(C)C)c2ccc(C(C)(C)C)cc2C(C)(C)C)c(C(C)(C)C)c1. The predicted octanol–water partition coefficient (Wildman–Crippen LogP) is 33.2. The van der Waals surface area contributed by atoms with Gasteiger partial charge >= 0.3 is 8.60 Å². The van der Waals surface area contributed by atoms with Crippen molar-refractivity contribution in [2.75, 3.05) is 19.8 Å². The summed E-state index contributed by atoms with van der Waals surface area (Å²) >= 11 is 0. The molecule has 0 spiro atoms. The zero-order chi connectivity index (χ0) is 87.2. The topological polar surface area (TPSA) is 27.7 Å². The summed E-state index contributed by atoms with van der Waals surface area (Å²) < 4.78 is 25.8. The smallest absolute Gasteiger partial charge is 0.311 e. The molecule has 0 radical (unpaired) electrons. The lowest BCUT2D eigenvalue weighted by Crippen LogP contribution is -2.41. The zero-order valence-electron chi connectivity index (χ0n) is 81.1. The molecule has 3 unspecified atom stereocenters. The Bertz CT molecular complexity index is 3780. The molecule has 0 amide bonds. The highest BCUT2D eigenvalue weighted by Gasteiger charge is 2.49. The largest absolute Gasteiger partial charge is 0.332 e. The van der Waals surface area contributed by atoms with Crippen LogP contribution < -0.4 is 0 Å². The summed E-state index contributed by atoms with van der Waals surface area (Å²) in [5.74, 6) is 0. The van der Waals surface area contributed by atoms with E-state index in [9.17, 15) is 0 Å². The van der Waals surface area contributed by atoms with Crippen molar-refractivity contribution in [2.24, 2.45) is 0 Å². The molecule has 0 aliphatic carbocycles. The second-order valence-corrected chi connectivity index (χ2v) is 47.5. The van der Waals surface area contributed by atoms with Gasteiger partial charge in [0.25, 0.3) is 0 Å². The van der Waals surface area contributed by atoms with Crippen LogP contribution in [-0.2, 0) is 94.8 Å². The molecule has 115 heavy (non-hydrogen) atoms. The van der Waals surface area contributed by atoms with Crippen molar-refractivity contribution in [3.8, 4) is 0 Å². The van der Waals surface area contributed by atoms with Crippen molar-refractivity contribution in [3.63, 3.8) is 0 Å². The van der Waals surface area contributed by atoms with Crippen molar-refractivity contribution in [1.82, 2.24) is 0 Å². The molecule has 0 saturated heterocycles. The predicted molar refractivity (Wildman–Crippen MR) is 510 cm³/mol. The minimum absolute atomic E-state index is 0.0979. The van der Waals surface area contributed by atoms with Gasteiger partial charge in [0.2, 0.25) is 0 Å². The van der Waals surface area contributed by atoms with Crippen molar-refractivity contribution in [2.45, 2.75) is 427 Å². The van der Waals surface area contributed by atoms with Crippen molar-refractivity contribution in [1.29, 1.82) is 0 Å². The van der Waals surface area contributed by atoms with E-state index >= 15 is 0 Å². The molecule has 0 N–H and O–H groups in total. The highest BCUT2D eigenvalue weighted by atomic mass is 31.2. The van der Waals surface area contributed by atoms with E-state index in [0.717, 1.165) is 96.3 Å². The van der Waals surface area contributed by atoms with E-state index < -0.39 is 24.8 Å². The fourth-order valence-corrected chi connectivity index (χ4v) is 18.7. The maximum absolute atomic E-state index is 8.60. The highest BCUT2D eigenvalue weighted by molar-refractivity contribution is 7.41. The van der Waals surface area contributed by atoms with Crippen LogP contribution in [0.15, 0.2) is 147 Å². The van der Waals surface area contributed by atoms with E-state index in [-0.39, 0.29) is 65.0 Å². The van der Waals surface area contributed by atoms with E-state index in [1.54, 1.807) is 0 Å². The lowest BCUT2D eigenvalue weighted by atomic mass is 9.62. The molecule has 6 aromatic carbocycles. The fraction of sp³-hybridized carbons (Fsp3) is 0.622. The molecule has 0 aliphatic heterocycles. The van der Waals surface area contributed by atoms with Crippen LogP contribution in [0.3, 0.4) is 0 Å². The fourth-order valence-electron chi connectivity index (χ4n) is 17.5. The molecule has 638 valence electrons. The minimum atomic E-state index is -2.28. The van der Waals surface area contributed by atoms with E-state index in [2.05, 4.69) is 396 Å².